The molecule has 0 aromatic carbocycles. The van der Waals surface area contributed by atoms with Crippen LogP contribution in [0.1, 0.15) is 32.1 Å². The average Bonchev–Trinajstić information content (AvgIpc) is 2.90. The van der Waals surface area contributed by atoms with Gasteiger partial charge >= 0.3 is 0 Å². The van der Waals surface area contributed by atoms with E-state index >= 15 is 0 Å². The van der Waals surface area contributed by atoms with Gasteiger partial charge in [0.2, 0.25) is 0 Å². The minimum absolute atomic E-state index is 0.341. The third-order valence-electron chi connectivity index (χ3n) is 2.68. The second-order valence-corrected chi connectivity index (χ2v) is 5.52. The molecular weight excluding hydrogens is 172 g/mol. The van der Waals surface area contributed by atoms with Crippen molar-refractivity contribution in [1.82, 2.24) is 0 Å². The molecule has 1 saturated carbocycles. The minimum Gasteiger partial charge on any atom is -0.372 e. The second-order valence-electron chi connectivity index (χ2n) is 3.76. The Morgan fingerprint density at radius 2 is 1.92 bits per heavy atom. The highest BCUT2D eigenvalue weighted by molar-refractivity contribution is 7.85. The highest BCUT2D eigenvalue weighted by Crippen LogP contribution is 2.24. The molecule has 2 fully saturated rings. The Kier molecular flexibility index (Phi) is 2.81. The van der Waals surface area contributed by atoms with Crippen molar-refractivity contribution in [3.05, 3.63) is 0 Å². The lowest BCUT2D eigenvalue weighted by Crippen LogP contribution is -2.22. The normalized spacial score (nSPS) is 33.2. The van der Waals surface area contributed by atoms with E-state index in [1.165, 1.54) is 32.1 Å². The molecule has 0 spiro atoms. The molecular formula is C9H16O2S. The summed E-state index contributed by atoms with van der Waals surface area (Å²) in [5.41, 5.74) is 0. The van der Waals surface area contributed by atoms with Gasteiger partial charge in [0.05, 0.1) is 18.5 Å². The first-order valence-electron chi connectivity index (χ1n) is 4.85. The van der Waals surface area contributed by atoms with Gasteiger partial charge in [-0.05, 0) is 12.8 Å². The maximum atomic E-state index is 11.7. The van der Waals surface area contributed by atoms with Crippen molar-refractivity contribution in [2.75, 3.05) is 12.4 Å². The number of epoxide rings is 1. The Labute approximate surface area is 76.1 Å². The van der Waals surface area contributed by atoms with Gasteiger partial charge in [0.25, 0.3) is 0 Å². The largest absolute Gasteiger partial charge is 0.372 e. The van der Waals surface area contributed by atoms with Crippen LogP contribution in [0.5, 0.6) is 0 Å². The number of hydrogen-bond acceptors (Lipinski definition) is 2. The molecule has 12 heavy (non-hydrogen) atoms. The number of ether oxygens (including phenoxy) is 1. The monoisotopic (exact) mass is 188 g/mol. The Balaban J connectivity index is 1.76. The fourth-order valence-corrected chi connectivity index (χ4v) is 3.50. The van der Waals surface area contributed by atoms with Crippen molar-refractivity contribution in [2.45, 2.75) is 43.5 Å². The van der Waals surface area contributed by atoms with Crippen LogP contribution >= 0.6 is 0 Å². The van der Waals surface area contributed by atoms with Gasteiger partial charge in [-0.15, -0.1) is 0 Å². The lowest BCUT2D eigenvalue weighted by molar-refractivity contribution is 0.423. The standard InChI is InChI=1S/C9H16O2S/c10-12(7-8-6-11-8)9-4-2-1-3-5-9/h8-9H,1-7H2/t8-,12?/m0/s1. The van der Waals surface area contributed by atoms with Gasteiger partial charge in [-0.25, -0.2) is 0 Å². The molecule has 1 aliphatic carbocycles. The first kappa shape index (κ1) is 8.70. The zero-order valence-corrected chi connectivity index (χ0v) is 8.15. The van der Waals surface area contributed by atoms with Gasteiger partial charge in [-0.2, -0.15) is 0 Å². The quantitative estimate of drug-likeness (QED) is 0.628. The van der Waals surface area contributed by atoms with Crippen molar-refractivity contribution in [1.29, 1.82) is 0 Å². The van der Waals surface area contributed by atoms with Gasteiger partial charge in [0, 0.05) is 16.0 Å². The minimum atomic E-state index is -0.599. The number of rotatable bonds is 3. The van der Waals surface area contributed by atoms with Crippen molar-refractivity contribution >= 4 is 10.8 Å². The van der Waals surface area contributed by atoms with E-state index in [4.69, 9.17) is 4.74 Å². The van der Waals surface area contributed by atoms with Gasteiger partial charge < -0.3 is 4.74 Å². The first-order chi connectivity index (χ1) is 5.86. The van der Waals surface area contributed by atoms with Gasteiger partial charge in [-0.1, -0.05) is 19.3 Å². The summed E-state index contributed by atoms with van der Waals surface area (Å²) in [6.45, 7) is 0.846. The highest BCUT2D eigenvalue weighted by atomic mass is 32.2. The fraction of sp³-hybridized carbons (Fsp3) is 1.00. The molecule has 0 aromatic heterocycles. The van der Waals surface area contributed by atoms with Crippen LogP contribution in [0.2, 0.25) is 0 Å². The van der Waals surface area contributed by atoms with Crippen LogP contribution in [0.4, 0.5) is 0 Å². The summed E-state index contributed by atoms with van der Waals surface area (Å²) >= 11 is 0. The Morgan fingerprint density at radius 1 is 1.25 bits per heavy atom. The predicted octanol–water partition coefficient (Wildman–Crippen LogP) is 1.47. The van der Waals surface area contributed by atoms with Crippen molar-refractivity contribution in [3.63, 3.8) is 0 Å². The SMILES string of the molecule is O=S(C[C@@H]1CO1)C1CCCCC1. The zero-order chi connectivity index (χ0) is 8.39. The third-order valence-corrected chi connectivity index (χ3v) is 4.59. The van der Waals surface area contributed by atoms with Crippen LogP contribution in [0.25, 0.3) is 0 Å². The third kappa shape index (κ3) is 2.30. The van der Waals surface area contributed by atoms with E-state index < -0.39 is 10.8 Å². The fourth-order valence-electron chi connectivity index (χ4n) is 1.81. The molecule has 1 aliphatic heterocycles. The first-order valence-corrected chi connectivity index (χ1v) is 6.23. The van der Waals surface area contributed by atoms with Crippen LogP contribution in [0, 0.1) is 0 Å². The molecule has 2 nitrogen and oxygen atoms in total. The second kappa shape index (κ2) is 3.88. The van der Waals surface area contributed by atoms with Crippen LogP contribution < -0.4 is 0 Å². The van der Waals surface area contributed by atoms with Crippen LogP contribution in [-0.2, 0) is 15.5 Å². The smallest absolute Gasteiger partial charge is 0.0924 e. The van der Waals surface area contributed by atoms with Crippen LogP contribution in [-0.4, -0.2) is 27.9 Å². The van der Waals surface area contributed by atoms with Crippen LogP contribution in [0.15, 0.2) is 0 Å². The molecule has 2 aliphatic rings. The van der Waals surface area contributed by atoms with Gasteiger partial charge in [0.15, 0.2) is 0 Å². The molecule has 1 unspecified atom stereocenters. The van der Waals surface area contributed by atoms with Crippen molar-refractivity contribution < 1.29 is 8.95 Å². The lowest BCUT2D eigenvalue weighted by atomic mass is 10.0. The Hall–Kier alpha value is 0.110. The van der Waals surface area contributed by atoms with E-state index in [1.807, 2.05) is 0 Å². The Bertz CT molecular complexity index is 171. The van der Waals surface area contributed by atoms with E-state index in [1.54, 1.807) is 0 Å². The van der Waals surface area contributed by atoms with E-state index in [0.717, 1.165) is 12.4 Å². The summed E-state index contributed by atoms with van der Waals surface area (Å²) in [4.78, 5) is 0. The molecule has 2 rings (SSSR count). The molecule has 1 heterocycles. The van der Waals surface area contributed by atoms with Gasteiger partial charge in [-0.3, -0.25) is 4.21 Å². The summed E-state index contributed by atoms with van der Waals surface area (Å²) in [5.74, 6) is 0.796. The molecule has 0 N–H and O–H groups in total. The van der Waals surface area contributed by atoms with Crippen molar-refractivity contribution in [3.8, 4) is 0 Å². The lowest BCUT2D eigenvalue weighted by Gasteiger charge is -2.20. The molecule has 0 radical (unpaired) electrons. The molecule has 0 bridgehead atoms. The van der Waals surface area contributed by atoms with Gasteiger partial charge in [0.1, 0.15) is 0 Å². The van der Waals surface area contributed by atoms with E-state index in [2.05, 4.69) is 0 Å². The maximum Gasteiger partial charge on any atom is 0.0924 e. The van der Waals surface area contributed by atoms with Crippen LogP contribution in [0.3, 0.4) is 0 Å². The van der Waals surface area contributed by atoms with E-state index in [-0.39, 0.29) is 0 Å². The summed E-state index contributed by atoms with van der Waals surface area (Å²) in [6, 6.07) is 0. The summed E-state index contributed by atoms with van der Waals surface area (Å²) in [5, 5.41) is 0.489. The number of hydrogen-bond donors (Lipinski definition) is 0. The summed E-state index contributed by atoms with van der Waals surface area (Å²) in [6.07, 6.45) is 6.60. The molecule has 0 amide bonds. The molecule has 0 aromatic rings. The summed E-state index contributed by atoms with van der Waals surface area (Å²) < 4.78 is 16.8. The molecule has 1 saturated heterocycles. The zero-order valence-electron chi connectivity index (χ0n) is 7.33. The van der Waals surface area contributed by atoms with Crippen molar-refractivity contribution in [2.24, 2.45) is 0 Å². The maximum absolute atomic E-state index is 11.7. The topological polar surface area (TPSA) is 29.6 Å². The average molecular weight is 188 g/mol. The highest BCUT2D eigenvalue weighted by Gasteiger charge is 2.29. The molecule has 2 atom stereocenters. The predicted molar refractivity (Wildman–Crippen MR) is 49.6 cm³/mol. The van der Waals surface area contributed by atoms with E-state index in [9.17, 15) is 4.21 Å². The Morgan fingerprint density at radius 3 is 2.50 bits per heavy atom. The molecule has 3 heteroatoms. The summed E-state index contributed by atoms with van der Waals surface area (Å²) in [7, 11) is -0.599. The van der Waals surface area contributed by atoms with E-state index in [0.29, 0.717) is 11.4 Å². The molecule has 70 valence electrons.